The Morgan fingerprint density at radius 1 is 1.32 bits per heavy atom. The van der Waals surface area contributed by atoms with Crippen molar-refractivity contribution in [2.45, 2.75) is 19.4 Å². The number of amides is 1. The molecule has 0 unspecified atom stereocenters. The molecular weight excluding hydrogens is 296 g/mol. The van der Waals surface area contributed by atoms with Crippen molar-refractivity contribution in [3.8, 4) is 5.75 Å². The fourth-order valence-electron chi connectivity index (χ4n) is 2.40. The molecule has 0 saturated heterocycles. The number of hydrogen-bond acceptors (Lipinski definition) is 4. The van der Waals surface area contributed by atoms with Crippen LogP contribution in [0.5, 0.6) is 5.75 Å². The first kappa shape index (κ1) is 14.5. The lowest BCUT2D eigenvalue weighted by molar-refractivity contribution is -0.121. The highest BCUT2D eigenvalue weighted by molar-refractivity contribution is 7.10. The van der Waals surface area contributed by atoms with E-state index in [0.717, 1.165) is 10.3 Å². The van der Waals surface area contributed by atoms with Crippen molar-refractivity contribution in [2.24, 2.45) is 0 Å². The number of thiophene rings is 1. The van der Waals surface area contributed by atoms with E-state index >= 15 is 0 Å². The lowest BCUT2D eigenvalue weighted by atomic mass is 10.0. The van der Waals surface area contributed by atoms with Gasteiger partial charge in [-0.05, 0) is 17.5 Å². The largest absolute Gasteiger partial charge is 0.505 e. The molecule has 0 radical (unpaired) electrons. The predicted molar refractivity (Wildman–Crippen MR) is 88.0 cm³/mol. The highest BCUT2D eigenvalue weighted by Gasteiger charge is 2.21. The van der Waals surface area contributed by atoms with Crippen LogP contribution < -0.4 is 5.32 Å². The average Bonchev–Trinajstić information content (AvgIpc) is 3.08. The molecule has 1 amide bonds. The number of hydrogen-bond donors (Lipinski definition) is 2. The van der Waals surface area contributed by atoms with E-state index in [9.17, 15) is 9.90 Å². The highest BCUT2D eigenvalue weighted by atomic mass is 32.1. The zero-order chi connectivity index (χ0) is 15.5. The number of nitrogens with one attached hydrogen (secondary N) is 1. The molecule has 2 N–H and O–H groups in total. The molecule has 0 spiro atoms. The van der Waals surface area contributed by atoms with E-state index in [4.69, 9.17) is 0 Å². The molecule has 5 heteroatoms. The third kappa shape index (κ3) is 2.67. The molecule has 3 aromatic rings. The van der Waals surface area contributed by atoms with Gasteiger partial charge in [-0.15, -0.1) is 11.3 Å². The third-order valence-electron chi connectivity index (χ3n) is 3.54. The normalized spacial score (nSPS) is 12.2. The molecule has 0 fully saturated rings. The SMILES string of the molecule is CCC(=O)N[C@H](c1cccs1)c1ccc2cccnc2c1O. The maximum atomic E-state index is 11.9. The number of phenols is 1. The van der Waals surface area contributed by atoms with E-state index in [0.29, 0.717) is 17.5 Å². The monoisotopic (exact) mass is 312 g/mol. The zero-order valence-corrected chi connectivity index (χ0v) is 12.9. The van der Waals surface area contributed by atoms with Crippen LogP contribution in [-0.2, 0) is 4.79 Å². The Bertz CT molecular complexity index is 800. The van der Waals surface area contributed by atoms with Gasteiger partial charge in [0.15, 0.2) is 0 Å². The van der Waals surface area contributed by atoms with Gasteiger partial charge in [0.1, 0.15) is 11.3 Å². The Kier molecular flexibility index (Phi) is 4.06. The van der Waals surface area contributed by atoms with Crippen LogP contribution in [0.4, 0.5) is 0 Å². The molecule has 4 nitrogen and oxygen atoms in total. The number of fused-ring (bicyclic) bond motifs is 1. The molecule has 1 atom stereocenters. The van der Waals surface area contributed by atoms with E-state index in [1.807, 2.05) is 48.7 Å². The van der Waals surface area contributed by atoms with Gasteiger partial charge in [0.05, 0.1) is 6.04 Å². The van der Waals surface area contributed by atoms with Crippen molar-refractivity contribution in [3.63, 3.8) is 0 Å². The molecule has 0 aliphatic carbocycles. The first-order chi connectivity index (χ1) is 10.7. The zero-order valence-electron chi connectivity index (χ0n) is 12.1. The third-order valence-corrected chi connectivity index (χ3v) is 4.48. The first-order valence-electron chi connectivity index (χ1n) is 7.10. The highest BCUT2D eigenvalue weighted by Crippen LogP contribution is 2.35. The molecule has 0 aliphatic rings. The Labute approximate surface area is 132 Å². The summed E-state index contributed by atoms with van der Waals surface area (Å²) in [7, 11) is 0. The van der Waals surface area contributed by atoms with Crippen molar-refractivity contribution in [3.05, 3.63) is 58.4 Å². The lowest BCUT2D eigenvalue weighted by Gasteiger charge is -2.19. The van der Waals surface area contributed by atoms with Crippen LogP contribution in [0.25, 0.3) is 10.9 Å². The van der Waals surface area contributed by atoms with Gasteiger partial charge in [0.25, 0.3) is 0 Å². The molecule has 112 valence electrons. The van der Waals surface area contributed by atoms with Gasteiger partial charge in [-0.1, -0.05) is 31.2 Å². The van der Waals surface area contributed by atoms with Crippen molar-refractivity contribution >= 4 is 28.1 Å². The summed E-state index contributed by atoms with van der Waals surface area (Å²) < 4.78 is 0. The van der Waals surface area contributed by atoms with Gasteiger partial charge in [-0.2, -0.15) is 0 Å². The number of phenolic OH excluding ortho intramolecular Hbond substituents is 1. The summed E-state index contributed by atoms with van der Waals surface area (Å²) in [6.45, 7) is 1.81. The van der Waals surface area contributed by atoms with Crippen LogP contribution in [-0.4, -0.2) is 16.0 Å². The number of rotatable bonds is 4. The molecule has 3 rings (SSSR count). The smallest absolute Gasteiger partial charge is 0.220 e. The Balaban J connectivity index is 2.11. The topological polar surface area (TPSA) is 62.2 Å². The maximum Gasteiger partial charge on any atom is 0.220 e. The standard InChI is InChI=1S/C17H16N2O2S/c1-2-14(20)19-16(13-6-4-10-22-13)12-8-7-11-5-3-9-18-15(11)17(12)21/h3-10,16,21H,2H2,1H3,(H,19,20)/t16-/m0/s1. The quantitative estimate of drug-likeness (QED) is 0.773. The summed E-state index contributed by atoms with van der Waals surface area (Å²) in [5, 5.41) is 16.4. The summed E-state index contributed by atoms with van der Waals surface area (Å²) in [6.07, 6.45) is 2.05. The number of carbonyl (C=O) groups is 1. The molecule has 1 aromatic carbocycles. The van der Waals surface area contributed by atoms with Gasteiger partial charge >= 0.3 is 0 Å². The number of aromatic hydroxyl groups is 1. The van der Waals surface area contributed by atoms with E-state index in [2.05, 4.69) is 10.3 Å². The second kappa shape index (κ2) is 6.15. The summed E-state index contributed by atoms with van der Waals surface area (Å²) >= 11 is 1.55. The lowest BCUT2D eigenvalue weighted by Crippen LogP contribution is -2.28. The van der Waals surface area contributed by atoms with Crippen molar-refractivity contribution < 1.29 is 9.90 Å². The second-order valence-electron chi connectivity index (χ2n) is 4.95. The summed E-state index contributed by atoms with van der Waals surface area (Å²) in [6, 6.07) is 11.0. The van der Waals surface area contributed by atoms with Gasteiger partial charge < -0.3 is 10.4 Å². The molecular formula is C17H16N2O2S. The van der Waals surface area contributed by atoms with Crippen LogP contribution in [0, 0.1) is 0 Å². The van der Waals surface area contributed by atoms with E-state index < -0.39 is 0 Å². The number of aromatic nitrogens is 1. The van der Waals surface area contributed by atoms with Crippen LogP contribution >= 0.6 is 11.3 Å². The van der Waals surface area contributed by atoms with E-state index in [-0.39, 0.29) is 17.7 Å². The minimum atomic E-state index is -0.362. The number of pyridine rings is 1. The number of nitrogens with zero attached hydrogens (tertiary/aromatic N) is 1. The average molecular weight is 312 g/mol. The Morgan fingerprint density at radius 3 is 2.91 bits per heavy atom. The van der Waals surface area contributed by atoms with Crippen molar-refractivity contribution in [2.75, 3.05) is 0 Å². The van der Waals surface area contributed by atoms with Gasteiger partial charge in [-0.25, -0.2) is 0 Å². The molecule has 0 aliphatic heterocycles. The van der Waals surface area contributed by atoms with Crippen LogP contribution in [0.15, 0.2) is 48.0 Å². The number of benzene rings is 1. The summed E-state index contributed by atoms with van der Waals surface area (Å²) in [4.78, 5) is 17.1. The molecule has 2 heterocycles. The maximum absolute atomic E-state index is 11.9. The predicted octanol–water partition coefficient (Wildman–Crippen LogP) is 3.62. The Morgan fingerprint density at radius 2 is 2.18 bits per heavy atom. The second-order valence-corrected chi connectivity index (χ2v) is 5.93. The first-order valence-corrected chi connectivity index (χ1v) is 7.98. The van der Waals surface area contributed by atoms with Crippen molar-refractivity contribution in [1.82, 2.24) is 10.3 Å². The number of carbonyl (C=O) groups excluding carboxylic acids is 1. The van der Waals surface area contributed by atoms with Gasteiger partial charge in [0, 0.05) is 28.4 Å². The minimum Gasteiger partial charge on any atom is -0.505 e. The van der Waals surface area contributed by atoms with E-state index in [1.165, 1.54) is 0 Å². The fraction of sp³-hybridized carbons (Fsp3) is 0.176. The minimum absolute atomic E-state index is 0.0566. The summed E-state index contributed by atoms with van der Waals surface area (Å²) in [5.74, 6) is 0.0619. The fourth-order valence-corrected chi connectivity index (χ4v) is 3.19. The van der Waals surface area contributed by atoms with Crippen LogP contribution in [0.3, 0.4) is 0 Å². The van der Waals surface area contributed by atoms with E-state index in [1.54, 1.807) is 17.5 Å². The van der Waals surface area contributed by atoms with Crippen molar-refractivity contribution in [1.29, 1.82) is 0 Å². The van der Waals surface area contributed by atoms with Crippen LogP contribution in [0.2, 0.25) is 0 Å². The molecule has 0 saturated carbocycles. The van der Waals surface area contributed by atoms with Crippen LogP contribution in [0.1, 0.15) is 29.8 Å². The molecule has 22 heavy (non-hydrogen) atoms. The molecule has 0 bridgehead atoms. The van der Waals surface area contributed by atoms with Gasteiger partial charge in [0.2, 0.25) is 5.91 Å². The summed E-state index contributed by atoms with van der Waals surface area (Å²) in [5.41, 5.74) is 1.21. The molecule has 2 aromatic heterocycles. The van der Waals surface area contributed by atoms with Gasteiger partial charge in [-0.3, -0.25) is 9.78 Å². The Hall–Kier alpha value is -2.40.